The molecule has 0 spiro atoms. The van der Waals surface area contributed by atoms with Crippen LogP contribution in [0.25, 0.3) is 10.8 Å². The average Bonchev–Trinajstić information content (AvgIpc) is 2.26. The summed E-state index contributed by atoms with van der Waals surface area (Å²) < 4.78 is 38.2. The minimum Gasteiger partial charge on any atom is -0.276 e. The minimum absolute atomic E-state index is 0.0218. The second-order valence-electron chi connectivity index (χ2n) is 3.48. The highest BCUT2D eigenvalue weighted by atomic mass is 35.5. The summed E-state index contributed by atoms with van der Waals surface area (Å²) >= 11 is 5.33. The Morgan fingerprint density at radius 1 is 1.00 bits per heavy atom. The van der Waals surface area contributed by atoms with Crippen LogP contribution in [0.5, 0.6) is 0 Å². The Morgan fingerprint density at radius 2 is 1.59 bits per heavy atom. The Bertz CT molecular complexity index is 590. The molecule has 0 aliphatic rings. The van der Waals surface area contributed by atoms with E-state index in [4.69, 9.17) is 11.6 Å². The molecule has 0 aliphatic carbocycles. The number of benzene rings is 2. The maximum absolute atomic E-state index is 12.7. The predicted octanol–water partition coefficient (Wildman–Crippen LogP) is 4.24. The summed E-state index contributed by atoms with van der Waals surface area (Å²) in [6.45, 7) is 0. The topological polar surface area (TPSA) is 17.1 Å². The van der Waals surface area contributed by atoms with E-state index in [1.165, 1.54) is 18.2 Å². The molecule has 5 heteroatoms. The van der Waals surface area contributed by atoms with E-state index in [1.807, 2.05) is 0 Å². The van der Waals surface area contributed by atoms with Gasteiger partial charge < -0.3 is 0 Å². The monoisotopic (exact) mass is 258 g/mol. The maximum atomic E-state index is 12.7. The molecule has 0 fully saturated rings. The molecular weight excluding hydrogens is 253 g/mol. The van der Waals surface area contributed by atoms with Crippen LogP contribution in [-0.4, -0.2) is 5.24 Å². The summed E-state index contributed by atoms with van der Waals surface area (Å²) in [7, 11) is 0. The highest BCUT2D eigenvalue weighted by molar-refractivity contribution is 6.68. The SMILES string of the molecule is O=C(Cl)c1ccc(C(F)(F)F)c2ccccc12. The first-order chi connectivity index (χ1) is 7.91. The van der Waals surface area contributed by atoms with Crippen LogP contribution in [0, 0.1) is 0 Å². The van der Waals surface area contributed by atoms with Gasteiger partial charge in [0.2, 0.25) is 0 Å². The third-order valence-corrected chi connectivity index (χ3v) is 2.64. The second-order valence-corrected chi connectivity index (χ2v) is 3.82. The fourth-order valence-corrected chi connectivity index (χ4v) is 1.88. The van der Waals surface area contributed by atoms with Gasteiger partial charge in [0.05, 0.1) is 5.56 Å². The van der Waals surface area contributed by atoms with Gasteiger partial charge >= 0.3 is 6.18 Å². The predicted molar refractivity (Wildman–Crippen MR) is 59.1 cm³/mol. The summed E-state index contributed by atoms with van der Waals surface area (Å²) in [5, 5.41) is -0.580. The first-order valence-electron chi connectivity index (χ1n) is 4.70. The Hall–Kier alpha value is -1.55. The van der Waals surface area contributed by atoms with Crippen LogP contribution in [0.4, 0.5) is 13.2 Å². The number of rotatable bonds is 1. The molecule has 0 aromatic heterocycles. The van der Waals surface area contributed by atoms with E-state index in [0.717, 1.165) is 12.1 Å². The van der Waals surface area contributed by atoms with Crippen LogP contribution in [0.1, 0.15) is 15.9 Å². The fourth-order valence-electron chi connectivity index (χ4n) is 1.72. The van der Waals surface area contributed by atoms with Gasteiger partial charge in [0.1, 0.15) is 0 Å². The van der Waals surface area contributed by atoms with Gasteiger partial charge in [0.25, 0.3) is 5.24 Å². The number of halogens is 4. The van der Waals surface area contributed by atoms with Crippen molar-refractivity contribution in [1.82, 2.24) is 0 Å². The van der Waals surface area contributed by atoms with Gasteiger partial charge in [-0.25, -0.2) is 0 Å². The standard InChI is InChI=1S/C12H6ClF3O/c13-11(17)9-5-6-10(12(14,15)16)8-4-2-1-3-7(8)9/h1-6H. The molecule has 0 saturated carbocycles. The second kappa shape index (κ2) is 4.04. The van der Waals surface area contributed by atoms with Crippen LogP contribution in [0.15, 0.2) is 36.4 Å². The highest BCUT2D eigenvalue weighted by Crippen LogP contribution is 2.36. The van der Waals surface area contributed by atoms with Gasteiger partial charge in [-0.05, 0) is 34.5 Å². The molecule has 0 atom stereocenters. The van der Waals surface area contributed by atoms with E-state index in [0.29, 0.717) is 0 Å². The first kappa shape index (κ1) is 11.9. The molecule has 0 bridgehead atoms. The summed E-state index contributed by atoms with van der Waals surface area (Å²) in [5.41, 5.74) is -0.690. The molecule has 1 nitrogen and oxygen atoms in total. The van der Waals surface area contributed by atoms with Crippen molar-refractivity contribution in [2.75, 3.05) is 0 Å². The molecule has 88 valence electrons. The number of alkyl halides is 3. The van der Waals surface area contributed by atoms with Crippen LogP contribution in [-0.2, 0) is 6.18 Å². The van der Waals surface area contributed by atoms with Gasteiger partial charge in [-0.3, -0.25) is 4.79 Å². The maximum Gasteiger partial charge on any atom is 0.417 e. The van der Waals surface area contributed by atoms with Crippen molar-refractivity contribution < 1.29 is 18.0 Å². The Morgan fingerprint density at radius 3 is 2.12 bits per heavy atom. The average molecular weight is 259 g/mol. The van der Waals surface area contributed by atoms with E-state index >= 15 is 0 Å². The lowest BCUT2D eigenvalue weighted by molar-refractivity contribution is -0.136. The molecule has 0 aliphatic heterocycles. The molecule has 0 radical (unpaired) electrons. The van der Waals surface area contributed by atoms with Gasteiger partial charge in [-0.1, -0.05) is 24.3 Å². The minimum atomic E-state index is -4.45. The van der Waals surface area contributed by atoms with Crippen molar-refractivity contribution in [3.05, 3.63) is 47.5 Å². The van der Waals surface area contributed by atoms with Crippen molar-refractivity contribution in [3.8, 4) is 0 Å². The number of hydrogen-bond donors (Lipinski definition) is 0. The van der Waals surface area contributed by atoms with Crippen molar-refractivity contribution in [1.29, 1.82) is 0 Å². The number of carbonyl (C=O) groups excluding carboxylic acids is 1. The van der Waals surface area contributed by atoms with E-state index in [1.54, 1.807) is 6.07 Å². The lowest BCUT2D eigenvalue weighted by Crippen LogP contribution is -2.06. The number of carbonyl (C=O) groups is 1. The Balaban J connectivity index is 2.85. The van der Waals surface area contributed by atoms with Gasteiger partial charge in [-0.15, -0.1) is 0 Å². The smallest absolute Gasteiger partial charge is 0.276 e. The molecule has 0 unspecified atom stereocenters. The summed E-state index contributed by atoms with van der Waals surface area (Å²) in [6, 6.07) is 7.78. The molecule has 2 rings (SSSR count). The molecule has 0 saturated heterocycles. The third kappa shape index (κ3) is 2.13. The molecule has 2 aromatic rings. The molecule has 0 amide bonds. The van der Waals surface area contributed by atoms with Crippen molar-refractivity contribution in [2.24, 2.45) is 0 Å². The Labute approximate surface area is 99.8 Å². The summed E-state index contributed by atoms with van der Waals surface area (Å²) in [6.07, 6.45) is -4.45. The zero-order valence-electron chi connectivity index (χ0n) is 8.38. The first-order valence-corrected chi connectivity index (χ1v) is 5.08. The van der Waals surface area contributed by atoms with Gasteiger partial charge in [-0.2, -0.15) is 13.2 Å². The highest BCUT2D eigenvalue weighted by Gasteiger charge is 2.32. The van der Waals surface area contributed by atoms with Crippen LogP contribution < -0.4 is 0 Å². The Kier molecular flexibility index (Phi) is 2.83. The number of fused-ring (bicyclic) bond motifs is 1. The normalized spacial score (nSPS) is 11.8. The molecule has 17 heavy (non-hydrogen) atoms. The lowest BCUT2D eigenvalue weighted by atomic mass is 10.00. The van der Waals surface area contributed by atoms with Crippen LogP contribution in [0.2, 0.25) is 0 Å². The lowest BCUT2D eigenvalue weighted by Gasteiger charge is -2.11. The van der Waals surface area contributed by atoms with Crippen molar-refractivity contribution >= 4 is 27.6 Å². The summed E-state index contributed by atoms with van der Waals surface area (Å²) in [5.74, 6) is 0. The number of hydrogen-bond acceptors (Lipinski definition) is 1. The van der Waals surface area contributed by atoms with Crippen molar-refractivity contribution in [2.45, 2.75) is 6.18 Å². The van der Waals surface area contributed by atoms with Gasteiger partial charge in [0, 0.05) is 5.56 Å². The van der Waals surface area contributed by atoms with Crippen molar-refractivity contribution in [3.63, 3.8) is 0 Å². The summed E-state index contributed by atoms with van der Waals surface area (Å²) in [4.78, 5) is 11.1. The third-order valence-electron chi connectivity index (χ3n) is 2.44. The quantitative estimate of drug-likeness (QED) is 0.699. The molecule has 0 N–H and O–H groups in total. The molecule has 2 aromatic carbocycles. The largest absolute Gasteiger partial charge is 0.417 e. The zero-order valence-corrected chi connectivity index (χ0v) is 9.14. The molecular formula is C12H6ClF3O. The van der Waals surface area contributed by atoms with E-state index < -0.39 is 17.0 Å². The fraction of sp³-hybridized carbons (Fsp3) is 0.0833. The molecule has 0 heterocycles. The van der Waals surface area contributed by atoms with E-state index in [-0.39, 0.29) is 16.3 Å². The zero-order chi connectivity index (χ0) is 12.6. The van der Waals surface area contributed by atoms with E-state index in [2.05, 4.69) is 0 Å². The van der Waals surface area contributed by atoms with E-state index in [9.17, 15) is 18.0 Å². The van der Waals surface area contributed by atoms with Crippen LogP contribution >= 0.6 is 11.6 Å². The van der Waals surface area contributed by atoms with Gasteiger partial charge in [0.15, 0.2) is 0 Å². The van der Waals surface area contributed by atoms with Crippen LogP contribution in [0.3, 0.4) is 0 Å².